The zero-order valence-corrected chi connectivity index (χ0v) is 16.7. The van der Waals surface area contributed by atoms with Crippen LogP contribution in [0.5, 0.6) is 11.5 Å². The second kappa shape index (κ2) is 9.37. The lowest BCUT2D eigenvalue weighted by Gasteiger charge is -2.22. The van der Waals surface area contributed by atoms with Gasteiger partial charge in [-0.1, -0.05) is 25.1 Å². The van der Waals surface area contributed by atoms with Gasteiger partial charge >= 0.3 is 13.6 Å². The van der Waals surface area contributed by atoms with Crippen LogP contribution in [0.25, 0.3) is 0 Å². The van der Waals surface area contributed by atoms with E-state index in [2.05, 4.69) is 0 Å². The van der Waals surface area contributed by atoms with Gasteiger partial charge in [-0.15, -0.1) is 0 Å². The van der Waals surface area contributed by atoms with Gasteiger partial charge < -0.3 is 13.8 Å². The van der Waals surface area contributed by atoms with Crippen molar-refractivity contribution in [2.24, 2.45) is 5.92 Å². The standard InChI is InChI=1S/C19H22NO7P/c1-14(2)25-19(21)15(3)13-28(24,26-17-7-5-4-6-8-17)27-18-11-9-16(10-12-18)20(22)23/h4-12,14-15H,13H2,1-3H3/t15-,28?/m1/s1. The summed E-state index contributed by atoms with van der Waals surface area (Å²) in [7, 11) is -3.83. The van der Waals surface area contributed by atoms with Gasteiger partial charge in [-0.3, -0.25) is 14.9 Å². The Balaban J connectivity index is 2.23. The Bertz CT molecular complexity index is 852. The molecule has 2 atom stereocenters. The summed E-state index contributed by atoms with van der Waals surface area (Å²) in [6.07, 6.45) is -0.523. The van der Waals surface area contributed by atoms with E-state index in [4.69, 9.17) is 13.8 Å². The third kappa shape index (κ3) is 6.39. The highest BCUT2D eigenvalue weighted by atomic mass is 31.2. The van der Waals surface area contributed by atoms with Crippen LogP contribution in [0, 0.1) is 16.0 Å². The van der Waals surface area contributed by atoms with E-state index >= 15 is 0 Å². The van der Waals surface area contributed by atoms with E-state index in [0.717, 1.165) is 0 Å². The second-order valence-corrected chi connectivity index (χ2v) is 8.38. The predicted molar refractivity (Wildman–Crippen MR) is 104 cm³/mol. The summed E-state index contributed by atoms with van der Waals surface area (Å²) in [6.45, 7) is 5.01. The minimum absolute atomic E-state index is 0.125. The fraction of sp³-hybridized carbons (Fsp3) is 0.316. The van der Waals surface area contributed by atoms with Gasteiger partial charge in [-0.25, -0.2) is 4.57 Å². The lowest BCUT2D eigenvalue weighted by atomic mass is 10.2. The molecule has 0 spiro atoms. The number of nitro groups is 1. The maximum atomic E-state index is 13.4. The predicted octanol–water partition coefficient (Wildman–Crippen LogP) is 4.83. The summed E-state index contributed by atoms with van der Waals surface area (Å²) in [5.41, 5.74) is -0.125. The normalized spacial score (nSPS) is 14.0. The van der Waals surface area contributed by atoms with E-state index in [-0.39, 0.29) is 23.7 Å². The highest BCUT2D eigenvalue weighted by Gasteiger charge is 2.34. The molecule has 2 aromatic rings. The van der Waals surface area contributed by atoms with Crippen LogP contribution in [0.4, 0.5) is 5.69 Å². The fourth-order valence-corrected chi connectivity index (χ4v) is 4.17. The minimum atomic E-state index is -3.83. The molecule has 0 fully saturated rings. The van der Waals surface area contributed by atoms with Crippen LogP contribution in [0.1, 0.15) is 20.8 Å². The molecule has 0 aliphatic heterocycles. The number of ether oxygens (including phenoxy) is 1. The van der Waals surface area contributed by atoms with Gasteiger partial charge in [0.05, 0.1) is 23.1 Å². The Morgan fingerprint density at radius 2 is 1.54 bits per heavy atom. The molecule has 0 saturated heterocycles. The number of carbonyl (C=O) groups is 1. The molecule has 0 bridgehead atoms. The molecule has 150 valence electrons. The zero-order valence-electron chi connectivity index (χ0n) is 15.8. The van der Waals surface area contributed by atoms with Crippen LogP contribution < -0.4 is 9.05 Å². The molecule has 0 amide bonds. The Hall–Kier alpha value is -2.86. The van der Waals surface area contributed by atoms with E-state index in [1.165, 1.54) is 24.3 Å². The average Bonchev–Trinajstić information content (AvgIpc) is 2.62. The molecule has 1 unspecified atom stereocenters. The highest BCUT2D eigenvalue weighted by Crippen LogP contribution is 2.50. The van der Waals surface area contributed by atoms with Crippen molar-refractivity contribution in [1.29, 1.82) is 0 Å². The molecule has 8 nitrogen and oxygen atoms in total. The summed E-state index contributed by atoms with van der Waals surface area (Å²) in [6, 6.07) is 13.6. The SMILES string of the molecule is CC(C)OC(=O)[C@H](C)CP(=O)(Oc1ccccc1)Oc1ccc([N+](=O)[O-])cc1. The van der Waals surface area contributed by atoms with Crippen molar-refractivity contribution in [3.8, 4) is 11.5 Å². The topological polar surface area (TPSA) is 105 Å². The van der Waals surface area contributed by atoms with Crippen molar-refractivity contribution in [3.63, 3.8) is 0 Å². The average molecular weight is 407 g/mol. The van der Waals surface area contributed by atoms with Gasteiger partial charge in [0.25, 0.3) is 5.69 Å². The number of benzene rings is 2. The van der Waals surface area contributed by atoms with Crippen LogP contribution in [-0.2, 0) is 14.1 Å². The molecule has 0 aromatic heterocycles. The number of hydrogen-bond donors (Lipinski definition) is 0. The fourth-order valence-electron chi connectivity index (χ4n) is 2.28. The summed E-state index contributed by atoms with van der Waals surface area (Å²) in [5.74, 6) is -0.805. The molecule has 9 heteroatoms. The van der Waals surface area contributed by atoms with Gasteiger partial charge in [0.2, 0.25) is 0 Å². The number of carbonyl (C=O) groups excluding carboxylic acids is 1. The van der Waals surface area contributed by atoms with Crippen LogP contribution in [0.2, 0.25) is 0 Å². The van der Waals surface area contributed by atoms with Gasteiger partial charge in [0, 0.05) is 12.1 Å². The lowest BCUT2D eigenvalue weighted by molar-refractivity contribution is -0.384. The third-order valence-corrected chi connectivity index (χ3v) is 5.50. The van der Waals surface area contributed by atoms with Gasteiger partial charge in [-0.2, -0.15) is 0 Å². The highest BCUT2D eigenvalue weighted by molar-refractivity contribution is 7.54. The Morgan fingerprint density at radius 3 is 2.04 bits per heavy atom. The van der Waals surface area contributed by atoms with E-state index in [9.17, 15) is 19.5 Å². The number of para-hydroxylation sites is 1. The van der Waals surface area contributed by atoms with Crippen LogP contribution >= 0.6 is 7.60 Å². The van der Waals surface area contributed by atoms with Gasteiger partial charge in [0.1, 0.15) is 11.5 Å². The van der Waals surface area contributed by atoms with Gasteiger partial charge in [0.15, 0.2) is 0 Å². The van der Waals surface area contributed by atoms with Crippen molar-refractivity contribution >= 4 is 19.3 Å². The van der Waals surface area contributed by atoms with Crippen molar-refractivity contribution in [1.82, 2.24) is 0 Å². The van der Waals surface area contributed by atoms with Crippen LogP contribution in [-0.4, -0.2) is 23.2 Å². The number of hydrogen-bond acceptors (Lipinski definition) is 7. The smallest absolute Gasteiger partial charge is 0.431 e. The summed E-state index contributed by atoms with van der Waals surface area (Å²) < 4.78 is 29.7. The monoisotopic (exact) mass is 407 g/mol. The molecule has 2 aromatic carbocycles. The number of nitrogens with zero attached hydrogens (tertiary/aromatic N) is 1. The molecule has 28 heavy (non-hydrogen) atoms. The maximum Gasteiger partial charge on any atom is 0.431 e. The number of esters is 1. The van der Waals surface area contributed by atoms with Gasteiger partial charge in [-0.05, 0) is 38.1 Å². The quantitative estimate of drug-likeness (QED) is 0.254. The van der Waals surface area contributed by atoms with Crippen molar-refractivity contribution in [2.75, 3.05) is 6.16 Å². The summed E-state index contributed by atoms with van der Waals surface area (Å²) in [5, 5.41) is 10.8. The number of non-ortho nitro benzene ring substituents is 1. The first kappa shape index (κ1) is 21.4. The molecule has 0 radical (unpaired) electrons. The first-order valence-electron chi connectivity index (χ1n) is 8.67. The molecular formula is C19H22NO7P. The van der Waals surface area contributed by atoms with Crippen molar-refractivity contribution < 1.29 is 28.1 Å². The lowest BCUT2D eigenvalue weighted by Crippen LogP contribution is -2.23. The maximum absolute atomic E-state index is 13.4. The third-order valence-electron chi connectivity index (χ3n) is 3.53. The molecule has 0 N–H and O–H groups in total. The van der Waals surface area contributed by atoms with E-state index in [0.29, 0.717) is 5.75 Å². The molecule has 0 aliphatic rings. The second-order valence-electron chi connectivity index (χ2n) is 6.43. The van der Waals surface area contributed by atoms with E-state index in [1.807, 2.05) is 0 Å². The molecule has 0 saturated carbocycles. The minimum Gasteiger partial charge on any atom is -0.463 e. The molecule has 0 aliphatic carbocycles. The Morgan fingerprint density at radius 1 is 1.00 bits per heavy atom. The molecule has 0 heterocycles. The first-order chi connectivity index (χ1) is 13.2. The van der Waals surface area contributed by atoms with Crippen molar-refractivity contribution in [3.05, 3.63) is 64.7 Å². The Kier molecular flexibility index (Phi) is 7.18. The van der Waals surface area contributed by atoms with Crippen LogP contribution in [0.15, 0.2) is 54.6 Å². The van der Waals surface area contributed by atoms with E-state index in [1.54, 1.807) is 51.1 Å². The largest absolute Gasteiger partial charge is 0.463 e. The van der Waals surface area contributed by atoms with Crippen molar-refractivity contribution in [2.45, 2.75) is 26.9 Å². The molecular weight excluding hydrogens is 385 g/mol. The summed E-state index contributed by atoms with van der Waals surface area (Å²) in [4.78, 5) is 22.4. The first-order valence-corrected chi connectivity index (χ1v) is 10.4. The summed E-state index contributed by atoms with van der Waals surface area (Å²) >= 11 is 0. The Labute approximate surface area is 163 Å². The zero-order chi connectivity index (χ0) is 20.7. The van der Waals surface area contributed by atoms with E-state index < -0.39 is 24.4 Å². The molecule has 2 rings (SSSR count). The number of rotatable bonds is 9. The van der Waals surface area contributed by atoms with Crippen LogP contribution in [0.3, 0.4) is 0 Å². The number of nitro benzene ring substituents is 1.